The Kier molecular flexibility index (Phi) is 2.16. The van der Waals surface area contributed by atoms with Gasteiger partial charge in [-0.05, 0) is 0 Å². The maximum absolute atomic E-state index is 12.7. The summed E-state index contributed by atoms with van der Waals surface area (Å²) < 4.78 is 30.2. The highest BCUT2D eigenvalue weighted by atomic mass is 19.3. The Hall–Kier alpha value is -0.220. The summed E-state index contributed by atoms with van der Waals surface area (Å²) in [4.78, 5) is 0. The lowest BCUT2D eigenvalue weighted by molar-refractivity contribution is -0.150. The number of rotatable bonds is 3. The van der Waals surface area contributed by atoms with Gasteiger partial charge in [0.15, 0.2) is 0 Å². The van der Waals surface area contributed by atoms with Crippen LogP contribution in [0.25, 0.3) is 0 Å². The predicted octanol–water partition coefficient (Wildman–Crippen LogP) is 1.01. The van der Waals surface area contributed by atoms with Crippen LogP contribution in [0.15, 0.2) is 0 Å². The summed E-state index contributed by atoms with van der Waals surface area (Å²) >= 11 is 0. The molecule has 0 spiro atoms. The minimum absolute atomic E-state index is 0.156. The molecule has 0 bridgehead atoms. The first kappa shape index (κ1) is 8.87. The summed E-state index contributed by atoms with van der Waals surface area (Å²) in [7, 11) is 0. The van der Waals surface area contributed by atoms with Gasteiger partial charge in [-0.25, -0.2) is 8.78 Å². The van der Waals surface area contributed by atoms with E-state index in [1.807, 2.05) is 0 Å². The van der Waals surface area contributed by atoms with E-state index in [9.17, 15) is 8.78 Å². The van der Waals surface area contributed by atoms with Crippen molar-refractivity contribution in [2.24, 2.45) is 11.1 Å². The van der Waals surface area contributed by atoms with Gasteiger partial charge < -0.3 is 10.5 Å². The van der Waals surface area contributed by atoms with E-state index in [2.05, 4.69) is 0 Å². The van der Waals surface area contributed by atoms with E-state index in [0.717, 1.165) is 0 Å². The van der Waals surface area contributed by atoms with E-state index in [1.54, 1.807) is 6.92 Å². The van der Waals surface area contributed by atoms with E-state index < -0.39 is 12.5 Å². The quantitative estimate of drug-likeness (QED) is 0.677. The van der Waals surface area contributed by atoms with E-state index in [-0.39, 0.29) is 11.8 Å². The number of nitrogens with two attached hydrogens (primary N) is 1. The molecule has 2 N–H and O–H groups in total. The molecule has 0 aromatic rings. The van der Waals surface area contributed by atoms with E-state index in [0.29, 0.717) is 13.2 Å². The van der Waals surface area contributed by atoms with Gasteiger partial charge in [-0.15, -0.1) is 0 Å². The fourth-order valence-corrected chi connectivity index (χ4v) is 1.25. The molecule has 66 valence electrons. The van der Waals surface area contributed by atoms with Crippen molar-refractivity contribution >= 4 is 0 Å². The van der Waals surface area contributed by atoms with Gasteiger partial charge in [0.2, 0.25) is 0 Å². The summed E-state index contributed by atoms with van der Waals surface area (Å²) in [6.45, 7) is 2.09. The number of hydrogen-bond acceptors (Lipinski definition) is 2. The molecule has 0 saturated carbocycles. The Bertz CT molecular complexity index is 136. The van der Waals surface area contributed by atoms with Crippen molar-refractivity contribution in [2.75, 3.05) is 19.8 Å². The molecule has 1 heterocycles. The summed E-state index contributed by atoms with van der Waals surface area (Å²) in [5.41, 5.74) is 4.56. The molecule has 1 fully saturated rings. The Morgan fingerprint density at radius 2 is 2.09 bits per heavy atom. The summed E-state index contributed by atoms with van der Waals surface area (Å²) in [6.07, 6.45) is -0.156. The normalized spacial score (nSPS) is 22.9. The molecule has 1 rings (SSSR count). The van der Waals surface area contributed by atoms with Crippen molar-refractivity contribution < 1.29 is 13.5 Å². The smallest absolute Gasteiger partial charge is 0.260 e. The fraction of sp³-hybridized carbons (Fsp3) is 1.00. The predicted molar refractivity (Wildman–Crippen MR) is 37.5 cm³/mol. The molecule has 11 heavy (non-hydrogen) atoms. The second-order valence-electron chi connectivity index (χ2n) is 3.54. The highest BCUT2D eigenvalue weighted by Gasteiger charge is 2.42. The third-order valence-electron chi connectivity index (χ3n) is 1.89. The standard InChI is InChI=1S/C7H13F2NO/c1-6(4-11-5-6)2-7(8,9)3-10/h2-5,10H2,1H3. The molecule has 0 amide bonds. The average Bonchev–Trinajstić information content (AvgIpc) is 1.84. The van der Waals surface area contributed by atoms with Gasteiger partial charge in [-0.1, -0.05) is 6.92 Å². The van der Waals surface area contributed by atoms with Gasteiger partial charge in [-0.2, -0.15) is 0 Å². The Morgan fingerprint density at radius 1 is 1.55 bits per heavy atom. The SMILES string of the molecule is CC1(CC(F)(F)CN)COC1. The maximum atomic E-state index is 12.7. The minimum Gasteiger partial charge on any atom is -0.380 e. The first-order chi connectivity index (χ1) is 4.97. The number of alkyl halides is 2. The molecule has 0 aromatic carbocycles. The van der Waals surface area contributed by atoms with Gasteiger partial charge in [0.1, 0.15) is 0 Å². The largest absolute Gasteiger partial charge is 0.380 e. The molecule has 4 heteroatoms. The van der Waals surface area contributed by atoms with Crippen LogP contribution >= 0.6 is 0 Å². The van der Waals surface area contributed by atoms with Gasteiger partial charge in [-0.3, -0.25) is 0 Å². The zero-order valence-electron chi connectivity index (χ0n) is 6.57. The molecule has 0 aromatic heterocycles. The first-order valence-electron chi connectivity index (χ1n) is 3.63. The third-order valence-corrected chi connectivity index (χ3v) is 1.89. The molecule has 1 saturated heterocycles. The Labute approximate surface area is 64.7 Å². The van der Waals surface area contributed by atoms with Crippen LogP contribution in [0.2, 0.25) is 0 Å². The monoisotopic (exact) mass is 165 g/mol. The molecule has 1 aliphatic heterocycles. The van der Waals surface area contributed by atoms with Crippen LogP contribution in [0.1, 0.15) is 13.3 Å². The average molecular weight is 165 g/mol. The van der Waals surface area contributed by atoms with E-state index in [1.165, 1.54) is 0 Å². The van der Waals surface area contributed by atoms with Gasteiger partial charge >= 0.3 is 0 Å². The molecule has 0 atom stereocenters. The number of ether oxygens (including phenoxy) is 1. The molecule has 0 aliphatic carbocycles. The highest BCUT2D eigenvalue weighted by molar-refractivity contribution is 4.86. The van der Waals surface area contributed by atoms with Crippen molar-refractivity contribution in [3.8, 4) is 0 Å². The summed E-state index contributed by atoms with van der Waals surface area (Å²) in [5.74, 6) is -2.72. The second kappa shape index (κ2) is 2.68. The maximum Gasteiger partial charge on any atom is 0.260 e. The minimum atomic E-state index is -2.72. The van der Waals surface area contributed by atoms with E-state index in [4.69, 9.17) is 10.5 Å². The third kappa shape index (κ3) is 2.10. The Balaban J connectivity index is 2.40. The van der Waals surface area contributed by atoms with Crippen LogP contribution in [0.3, 0.4) is 0 Å². The van der Waals surface area contributed by atoms with Crippen LogP contribution in [0, 0.1) is 5.41 Å². The Morgan fingerprint density at radius 3 is 2.36 bits per heavy atom. The van der Waals surface area contributed by atoms with Crippen molar-refractivity contribution in [1.82, 2.24) is 0 Å². The zero-order chi connectivity index (χ0) is 8.54. The van der Waals surface area contributed by atoms with Crippen molar-refractivity contribution in [1.29, 1.82) is 0 Å². The molecule has 0 unspecified atom stereocenters. The zero-order valence-corrected chi connectivity index (χ0v) is 6.57. The van der Waals surface area contributed by atoms with Gasteiger partial charge in [0.05, 0.1) is 19.8 Å². The topological polar surface area (TPSA) is 35.2 Å². The number of hydrogen-bond donors (Lipinski definition) is 1. The lowest BCUT2D eigenvalue weighted by Crippen LogP contribution is -2.46. The van der Waals surface area contributed by atoms with Crippen molar-refractivity contribution in [3.05, 3.63) is 0 Å². The molecular formula is C7H13F2NO. The van der Waals surface area contributed by atoms with Crippen LogP contribution < -0.4 is 5.73 Å². The van der Waals surface area contributed by atoms with Crippen LogP contribution in [-0.2, 0) is 4.74 Å². The lowest BCUT2D eigenvalue weighted by Gasteiger charge is -2.40. The van der Waals surface area contributed by atoms with Gasteiger partial charge in [0, 0.05) is 11.8 Å². The summed E-state index contributed by atoms with van der Waals surface area (Å²) in [5, 5.41) is 0. The molecule has 0 radical (unpaired) electrons. The molecular weight excluding hydrogens is 152 g/mol. The summed E-state index contributed by atoms with van der Waals surface area (Å²) in [6, 6.07) is 0. The molecule has 2 nitrogen and oxygen atoms in total. The lowest BCUT2D eigenvalue weighted by atomic mass is 9.82. The van der Waals surface area contributed by atoms with Gasteiger partial charge in [0.25, 0.3) is 5.92 Å². The van der Waals surface area contributed by atoms with Crippen LogP contribution in [0.4, 0.5) is 8.78 Å². The molecule has 1 aliphatic rings. The van der Waals surface area contributed by atoms with Crippen molar-refractivity contribution in [3.63, 3.8) is 0 Å². The van der Waals surface area contributed by atoms with E-state index >= 15 is 0 Å². The van der Waals surface area contributed by atoms with Crippen molar-refractivity contribution in [2.45, 2.75) is 19.3 Å². The number of halogens is 2. The highest BCUT2D eigenvalue weighted by Crippen LogP contribution is 2.37. The van der Waals surface area contributed by atoms with Crippen LogP contribution in [0.5, 0.6) is 0 Å². The second-order valence-corrected chi connectivity index (χ2v) is 3.54. The van der Waals surface area contributed by atoms with Crippen LogP contribution in [-0.4, -0.2) is 25.7 Å². The first-order valence-corrected chi connectivity index (χ1v) is 3.63. The fourth-order valence-electron chi connectivity index (χ4n) is 1.25.